The highest BCUT2D eigenvalue weighted by Crippen LogP contribution is 2.30. The fraction of sp³-hybridized carbons (Fsp3) is 0.238. The minimum atomic E-state index is -0.507. The number of benzene rings is 2. The third kappa shape index (κ3) is 3.64. The van der Waals surface area contributed by atoms with Crippen molar-refractivity contribution >= 4 is 28.5 Å². The number of fused-ring (bicyclic) bond motifs is 1. The van der Waals surface area contributed by atoms with Gasteiger partial charge in [0.1, 0.15) is 5.58 Å². The third-order valence-electron chi connectivity index (χ3n) is 4.30. The second kappa shape index (κ2) is 8.04. The van der Waals surface area contributed by atoms with Crippen LogP contribution in [-0.2, 0) is 4.74 Å². The van der Waals surface area contributed by atoms with Gasteiger partial charge in [0.2, 0.25) is 5.76 Å². The van der Waals surface area contributed by atoms with Crippen molar-refractivity contribution in [2.24, 2.45) is 0 Å². The molecular weight excluding hydrogens is 362 g/mol. The Morgan fingerprint density at radius 2 is 1.79 bits per heavy atom. The standard InChI is InChI=1S/C21H21NO6/c1-5-27-21(24)19-12(2)15-11-14(7-9-16(15)28-19)22-20(23)13-6-8-17(25-3)18(10-13)26-4/h6-11H,5H2,1-4H3,(H,22,23). The molecule has 0 spiro atoms. The van der Waals surface area contributed by atoms with E-state index in [-0.39, 0.29) is 18.3 Å². The van der Waals surface area contributed by atoms with Gasteiger partial charge in [-0.15, -0.1) is 0 Å². The normalized spacial score (nSPS) is 10.6. The van der Waals surface area contributed by atoms with Crippen LogP contribution in [0.15, 0.2) is 40.8 Å². The van der Waals surface area contributed by atoms with Crippen LogP contribution in [-0.4, -0.2) is 32.7 Å². The topological polar surface area (TPSA) is 87.0 Å². The van der Waals surface area contributed by atoms with E-state index in [2.05, 4.69) is 5.32 Å². The summed E-state index contributed by atoms with van der Waals surface area (Å²) in [4.78, 5) is 24.6. The van der Waals surface area contributed by atoms with Crippen molar-refractivity contribution in [2.45, 2.75) is 13.8 Å². The monoisotopic (exact) mass is 383 g/mol. The van der Waals surface area contributed by atoms with E-state index in [1.54, 1.807) is 50.2 Å². The molecule has 28 heavy (non-hydrogen) atoms. The summed E-state index contributed by atoms with van der Waals surface area (Å²) in [7, 11) is 3.04. The van der Waals surface area contributed by atoms with E-state index in [4.69, 9.17) is 18.6 Å². The fourth-order valence-corrected chi connectivity index (χ4v) is 2.87. The second-order valence-electron chi connectivity index (χ2n) is 6.01. The molecule has 0 bridgehead atoms. The van der Waals surface area contributed by atoms with Gasteiger partial charge >= 0.3 is 5.97 Å². The molecule has 146 valence electrons. The molecule has 1 N–H and O–H groups in total. The van der Waals surface area contributed by atoms with Crippen molar-refractivity contribution in [1.82, 2.24) is 0 Å². The van der Waals surface area contributed by atoms with E-state index in [0.717, 1.165) is 5.39 Å². The first kappa shape index (κ1) is 19.3. The number of rotatable bonds is 6. The number of amides is 1. The summed E-state index contributed by atoms with van der Waals surface area (Å²) >= 11 is 0. The van der Waals surface area contributed by atoms with Gasteiger partial charge in [0.05, 0.1) is 20.8 Å². The lowest BCUT2D eigenvalue weighted by Crippen LogP contribution is -2.12. The van der Waals surface area contributed by atoms with Gasteiger partial charge in [-0.25, -0.2) is 4.79 Å². The highest BCUT2D eigenvalue weighted by atomic mass is 16.5. The lowest BCUT2D eigenvalue weighted by molar-refractivity contribution is 0.0491. The number of methoxy groups -OCH3 is 2. The molecular formula is C21H21NO6. The molecule has 0 unspecified atom stereocenters. The maximum atomic E-state index is 12.6. The van der Waals surface area contributed by atoms with Gasteiger partial charge in [0.25, 0.3) is 5.91 Å². The molecule has 0 aliphatic carbocycles. The number of nitrogens with one attached hydrogen (secondary N) is 1. The van der Waals surface area contributed by atoms with Crippen molar-refractivity contribution in [2.75, 3.05) is 26.1 Å². The molecule has 0 aliphatic rings. The van der Waals surface area contributed by atoms with Crippen LogP contribution < -0.4 is 14.8 Å². The Kier molecular flexibility index (Phi) is 5.54. The number of carbonyl (C=O) groups is 2. The smallest absolute Gasteiger partial charge is 0.374 e. The van der Waals surface area contributed by atoms with Crippen LogP contribution in [0.4, 0.5) is 5.69 Å². The summed E-state index contributed by atoms with van der Waals surface area (Å²) in [6, 6.07) is 10.1. The molecule has 1 aromatic heterocycles. The van der Waals surface area contributed by atoms with Crippen LogP contribution in [0.2, 0.25) is 0 Å². The minimum Gasteiger partial charge on any atom is -0.493 e. The Labute approximate surface area is 162 Å². The molecule has 1 amide bonds. The Balaban J connectivity index is 1.87. The molecule has 7 heteroatoms. The third-order valence-corrected chi connectivity index (χ3v) is 4.30. The van der Waals surface area contributed by atoms with Crippen molar-refractivity contribution in [3.05, 3.63) is 53.3 Å². The van der Waals surface area contributed by atoms with Crippen LogP contribution >= 0.6 is 0 Å². The lowest BCUT2D eigenvalue weighted by atomic mass is 10.1. The van der Waals surface area contributed by atoms with Gasteiger partial charge in [-0.2, -0.15) is 0 Å². The summed E-state index contributed by atoms with van der Waals surface area (Å²) in [5.74, 6) is 0.371. The number of aryl methyl sites for hydroxylation is 1. The molecule has 3 aromatic rings. The largest absolute Gasteiger partial charge is 0.493 e. The second-order valence-corrected chi connectivity index (χ2v) is 6.01. The van der Waals surface area contributed by atoms with Gasteiger partial charge in [-0.3, -0.25) is 4.79 Å². The van der Waals surface area contributed by atoms with Gasteiger partial charge in [-0.05, 0) is 50.2 Å². The summed E-state index contributed by atoms with van der Waals surface area (Å²) in [6.45, 7) is 3.78. The van der Waals surface area contributed by atoms with Crippen LogP contribution in [0.1, 0.15) is 33.4 Å². The maximum absolute atomic E-state index is 12.6. The van der Waals surface area contributed by atoms with Crippen LogP contribution in [0.3, 0.4) is 0 Å². The Morgan fingerprint density at radius 3 is 2.46 bits per heavy atom. The van der Waals surface area contributed by atoms with E-state index < -0.39 is 5.97 Å². The van der Waals surface area contributed by atoms with E-state index in [1.807, 2.05) is 0 Å². The van der Waals surface area contributed by atoms with Gasteiger partial charge in [-0.1, -0.05) is 0 Å². The number of esters is 1. The molecule has 0 saturated carbocycles. The Hall–Kier alpha value is -3.48. The van der Waals surface area contributed by atoms with Gasteiger partial charge in [0, 0.05) is 22.2 Å². The molecule has 0 saturated heterocycles. The van der Waals surface area contributed by atoms with E-state index >= 15 is 0 Å². The molecule has 0 fully saturated rings. The molecule has 7 nitrogen and oxygen atoms in total. The molecule has 2 aromatic carbocycles. The maximum Gasteiger partial charge on any atom is 0.374 e. The predicted molar refractivity (Wildman–Crippen MR) is 104 cm³/mol. The van der Waals surface area contributed by atoms with Crippen molar-refractivity contribution in [3.63, 3.8) is 0 Å². The zero-order valence-electron chi connectivity index (χ0n) is 16.1. The van der Waals surface area contributed by atoms with Gasteiger partial charge in [0.15, 0.2) is 11.5 Å². The first-order valence-corrected chi connectivity index (χ1v) is 8.72. The highest BCUT2D eigenvalue weighted by Gasteiger charge is 2.19. The van der Waals surface area contributed by atoms with Crippen LogP contribution in [0.5, 0.6) is 11.5 Å². The Morgan fingerprint density at radius 1 is 1.04 bits per heavy atom. The first-order chi connectivity index (χ1) is 13.5. The zero-order valence-corrected chi connectivity index (χ0v) is 16.1. The summed E-state index contributed by atoms with van der Waals surface area (Å²) < 4.78 is 21.0. The fourth-order valence-electron chi connectivity index (χ4n) is 2.87. The summed E-state index contributed by atoms with van der Waals surface area (Å²) in [5.41, 5.74) is 2.21. The molecule has 0 aliphatic heterocycles. The number of hydrogen-bond acceptors (Lipinski definition) is 6. The lowest BCUT2D eigenvalue weighted by Gasteiger charge is -2.10. The number of furan rings is 1. The average Bonchev–Trinajstić information content (AvgIpc) is 3.04. The quantitative estimate of drug-likeness (QED) is 0.643. The number of hydrogen-bond donors (Lipinski definition) is 1. The van der Waals surface area contributed by atoms with Crippen molar-refractivity contribution in [3.8, 4) is 11.5 Å². The highest BCUT2D eigenvalue weighted by molar-refractivity contribution is 6.06. The summed E-state index contributed by atoms with van der Waals surface area (Å²) in [6.07, 6.45) is 0. The van der Waals surface area contributed by atoms with Crippen molar-refractivity contribution in [1.29, 1.82) is 0 Å². The number of anilines is 1. The van der Waals surface area contributed by atoms with E-state index in [9.17, 15) is 9.59 Å². The van der Waals surface area contributed by atoms with Crippen molar-refractivity contribution < 1.29 is 28.2 Å². The van der Waals surface area contributed by atoms with E-state index in [1.165, 1.54) is 14.2 Å². The zero-order chi connectivity index (χ0) is 20.3. The Bertz CT molecular complexity index is 1040. The summed E-state index contributed by atoms with van der Waals surface area (Å²) in [5, 5.41) is 3.57. The molecule has 1 heterocycles. The molecule has 3 rings (SSSR count). The average molecular weight is 383 g/mol. The minimum absolute atomic E-state index is 0.167. The molecule has 0 atom stereocenters. The number of carbonyl (C=O) groups excluding carboxylic acids is 2. The number of ether oxygens (including phenoxy) is 3. The first-order valence-electron chi connectivity index (χ1n) is 8.72. The van der Waals surface area contributed by atoms with Crippen LogP contribution in [0.25, 0.3) is 11.0 Å². The van der Waals surface area contributed by atoms with Gasteiger partial charge < -0.3 is 23.9 Å². The van der Waals surface area contributed by atoms with E-state index in [0.29, 0.717) is 33.9 Å². The van der Waals surface area contributed by atoms with Crippen LogP contribution in [0, 0.1) is 6.92 Å². The SMILES string of the molecule is CCOC(=O)c1oc2ccc(NC(=O)c3ccc(OC)c(OC)c3)cc2c1C. The predicted octanol–water partition coefficient (Wildman–Crippen LogP) is 4.19. The molecule has 0 radical (unpaired) electrons.